The predicted octanol–water partition coefficient (Wildman–Crippen LogP) is 1.84. The van der Waals surface area contributed by atoms with Crippen molar-refractivity contribution < 1.29 is 23.8 Å². The van der Waals surface area contributed by atoms with Gasteiger partial charge in [-0.3, -0.25) is 4.79 Å². The Kier molecular flexibility index (Phi) is 4.93. The number of benzene rings is 1. The van der Waals surface area contributed by atoms with E-state index in [2.05, 4.69) is 4.74 Å². The molecule has 0 bridgehead atoms. The van der Waals surface area contributed by atoms with Gasteiger partial charge in [0.15, 0.2) is 6.29 Å². The highest BCUT2D eigenvalue weighted by molar-refractivity contribution is 5.96. The fourth-order valence-electron chi connectivity index (χ4n) is 3.12. The van der Waals surface area contributed by atoms with E-state index in [-0.39, 0.29) is 18.2 Å². The Bertz CT molecular complexity index is 565. The molecule has 2 aliphatic rings. The Morgan fingerprint density at radius 3 is 2.39 bits per heavy atom. The summed E-state index contributed by atoms with van der Waals surface area (Å²) in [6, 6.07) is 6.51. The van der Waals surface area contributed by atoms with Crippen molar-refractivity contribution in [2.24, 2.45) is 0 Å². The van der Waals surface area contributed by atoms with Gasteiger partial charge < -0.3 is 19.1 Å². The van der Waals surface area contributed by atoms with Crippen molar-refractivity contribution in [3.8, 4) is 0 Å². The summed E-state index contributed by atoms with van der Waals surface area (Å²) in [6.07, 6.45) is 2.61. The highest BCUT2D eigenvalue weighted by Crippen LogP contribution is 2.26. The number of likely N-dealkylation sites (tertiary alicyclic amines) is 1. The molecule has 6 nitrogen and oxygen atoms in total. The van der Waals surface area contributed by atoms with Gasteiger partial charge in [-0.2, -0.15) is 0 Å². The van der Waals surface area contributed by atoms with E-state index in [0.29, 0.717) is 30.9 Å². The number of methoxy groups -OCH3 is 1. The molecule has 1 aromatic rings. The molecule has 2 aliphatic heterocycles. The van der Waals surface area contributed by atoms with Gasteiger partial charge in [0.25, 0.3) is 5.91 Å². The minimum atomic E-state index is -0.410. The van der Waals surface area contributed by atoms with Crippen LogP contribution in [0.5, 0.6) is 0 Å². The Balaban J connectivity index is 1.75. The first-order valence-corrected chi connectivity index (χ1v) is 7.93. The summed E-state index contributed by atoms with van der Waals surface area (Å²) >= 11 is 0. The molecule has 0 spiro atoms. The number of carbonyl (C=O) groups is 2. The molecule has 0 radical (unpaired) electrons. The molecule has 124 valence electrons. The van der Waals surface area contributed by atoms with Crippen LogP contribution >= 0.6 is 0 Å². The number of carbonyl (C=O) groups excluding carboxylic acids is 2. The van der Waals surface area contributed by atoms with Crippen molar-refractivity contribution in [3.05, 3.63) is 35.4 Å². The van der Waals surface area contributed by atoms with Crippen molar-refractivity contribution in [2.75, 3.05) is 26.9 Å². The minimum absolute atomic E-state index is 0.0426. The normalized spacial score (nSPS) is 22.1. The zero-order valence-corrected chi connectivity index (χ0v) is 13.2. The van der Waals surface area contributed by atoms with Crippen LogP contribution in [-0.4, -0.2) is 56.0 Å². The van der Waals surface area contributed by atoms with Crippen LogP contribution in [0, 0.1) is 0 Å². The maximum Gasteiger partial charge on any atom is 0.337 e. The molecule has 1 aromatic carbocycles. The van der Waals surface area contributed by atoms with Gasteiger partial charge in [-0.25, -0.2) is 4.79 Å². The van der Waals surface area contributed by atoms with Gasteiger partial charge in [-0.1, -0.05) is 0 Å². The minimum Gasteiger partial charge on any atom is -0.465 e. The van der Waals surface area contributed by atoms with Crippen LogP contribution in [0.1, 0.15) is 40.0 Å². The van der Waals surface area contributed by atoms with E-state index in [9.17, 15) is 9.59 Å². The molecule has 0 saturated carbocycles. The highest BCUT2D eigenvalue weighted by atomic mass is 16.7. The molecule has 2 fully saturated rings. The van der Waals surface area contributed by atoms with Crippen molar-refractivity contribution >= 4 is 11.9 Å². The molecule has 23 heavy (non-hydrogen) atoms. The van der Waals surface area contributed by atoms with Gasteiger partial charge in [0.2, 0.25) is 0 Å². The van der Waals surface area contributed by atoms with Gasteiger partial charge >= 0.3 is 5.97 Å². The molecular formula is C17H21NO5. The number of nitrogens with zero attached hydrogens (tertiary/aromatic N) is 1. The molecule has 0 aliphatic carbocycles. The van der Waals surface area contributed by atoms with Crippen LogP contribution in [0.4, 0.5) is 0 Å². The molecule has 1 unspecified atom stereocenters. The molecule has 0 aromatic heterocycles. The Morgan fingerprint density at radius 2 is 1.74 bits per heavy atom. The van der Waals surface area contributed by atoms with Gasteiger partial charge in [-0.05, 0) is 43.5 Å². The maximum absolute atomic E-state index is 12.8. The number of rotatable bonds is 3. The maximum atomic E-state index is 12.8. The fourth-order valence-corrected chi connectivity index (χ4v) is 3.12. The number of ether oxygens (including phenoxy) is 3. The Hall–Kier alpha value is -1.92. The molecule has 3 rings (SSSR count). The van der Waals surface area contributed by atoms with Crippen LogP contribution in [0.25, 0.3) is 0 Å². The third-order valence-electron chi connectivity index (χ3n) is 4.32. The second-order valence-corrected chi connectivity index (χ2v) is 5.74. The SMILES string of the molecule is COC(=O)c1ccc(C(=O)N2CCCCC2C2OCCO2)cc1. The number of esters is 1. The molecule has 2 saturated heterocycles. The first-order chi connectivity index (χ1) is 11.2. The van der Waals surface area contributed by atoms with Gasteiger partial charge in [0.1, 0.15) is 0 Å². The predicted molar refractivity (Wildman–Crippen MR) is 82.1 cm³/mol. The molecule has 6 heteroatoms. The standard InChI is InChI=1S/C17H21NO5/c1-21-16(20)13-7-5-12(6-8-13)15(19)18-9-3-2-4-14(18)17-22-10-11-23-17/h5-8,14,17H,2-4,9-11H2,1H3. The monoisotopic (exact) mass is 319 g/mol. The number of amides is 1. The molecule has 1 atom stereocenters. The smallest absolute Gasteiger partial charge is 0.337 e. The average molecular weight is 319 g/mol. The second-order valence-electron chi connectivity index (χ2n) is 5.74. The summed E-state index contributed by atoms with van der Waals surface area (Å²) in [5.41, 5.74) is 0.990. The van der Waals surface area contributed by atoms with Crippen LogP contribution in [0.2, 0.25) is 0 Å². The van der Waals surface area contributed by atoms with E-state index in [1.807, 2.05) is 4.90 Å². The molecule has 1 amide bonds. The lowest BCUT2D eigenvalue weighted by Crippen LogP contribution is -2.50. The number of hydrogen-bond donors (Lipinski definition) is 0. The van der Waals surface area contributed by atoms with Crippen molar-refractivity contribution in [2.45, 2.75) is 31.6 Å². The lowest BCUT2D eigenvalue weighted by atomic mass is 10.00. The van der Waals surface area contributed by atoms with Crippen LogP contribution in [-0.2, 0) is 14.2 Å². The summed E-state index contributed by atoms with van der Waals surface area (Å²) in [5.74, 6) is -0.460. The third kappa shape index (κ3) is 3.38. The molecule has 2 heterocycles. The zero-order valence-electron chi connectivity index (χ0n) is 13.2. The first kappa shape index (κ1) is 16.0. The average Bonchev–Trinajstić information content (AvgIpc) is 3.15. The second kappa shape index (κ2) is 7.10. The van der Waals surface area contributed by atoms with Crippen molar-refractivity contribution in [1.82, 2.24) is 4.90 Å². The summed E-state index contributed by atoms with van der Waals surface area (Å²) in [7, 11) is 1.33. The lowest BCUT2D eigenvalue weighted by Gasteiger charge is -2.38. The summed E-state index contributed by atoms with van der Waals surface area (Å²) < 4.78 is 15.9. The van der Waals surface area contributed by atoms with Gasteiger partial charge in [0.05, 0.1) is 31.9 Å². The summed E-state index contributed by atoms with van der Waals surface area (Å²) in [5, 5.41) is 0. The highest BCUT2D eigenvalue weighted by Gasteiger charge is 2.36. The molecular weight excluding hydrogens is 298 g/mol. The first-order valence-electron chi connectivity index (χ1n) is 7.93. The topological polar surface area (TPSA) is 65.1 Å². The van der Waals surface area contributed by atoms with E-state index < -0.39 is 5.97 Å². The van der Waals surface area contributed by atoms with Gasteiger partial charge in [-0.15, -0.1) is 0 Å². The third-order valence-corrected chi connectivity index (χ3v) is 4.32. The summed E-state index contributed by atoms with van der Waals surface area (Å²) in [4.78, 5) is 26.1. The van der Waals surface area contributed by atoms with E-state index in [1.165, 1.54) is 7.11 Å². The van der Waals surface area contributed by atoms with E-state index in [0.717, 1.165) is 19.3 Å². The van der Waals surface area contributed by atoms with E-state index >= 15 is 0 Å². The van der Waals surface area contributed by atoms with Crippen molar-refractivity contribution in [3.63, 3.8) is 0 Å². The van der Waals surface area contributed by atoms with Gasteiger partial charge in [0, 0.05) is 12.1 Å². The van der Waals surface area contributed by atoms with Crippen LogP contribution < -0.4 is 0 Å². The Labute approximate surface area is 135 Å². The number of hydrogen-bond acceptors (Lipinski definition) is 5. The van der Waals surface area contributed by atoms with E-state index in [4.69, 9.17) is 9.47 Å². The van der Waals surface area contributed by atoms with Crippen LogP contribution in [0.15, 0.2) is 24.3 Å². The van der Waals surface area contributed by atoms with Crippen LogP contribution in [0.3, 0.4) is 0 Å². The number of piperidine rings is 1. The largest absolute Gasteiger partial charge is 0.465 e. The molecule has 0 N–H and O–H groups in total. The van der Waals surface area contributed by atoms with E-state index in [1.54, 1.807) is 24.3 Å². The van der Waals surface area contributed by atoms with Crippen molar-refractivity contribution in [1.29, 1.82) is 0 Å². The Morgan fingerprint density at radius 1 is 1.09 bits per heavy atom. The quantitative estimate of drug-likeness (QED) is 0.796. The fraction of sp³-hybridized carbons (Fsp3) is 0.529. The zero-order chi connectivity index (χ0) is 16.2. The summed E-state index contributed by atoms with van der Waals surface area (Å²) in [6.45, 7) is 1.86. The lowest BCUT2D eigenvalue weighted by molar-refractivity contribution is -0.100.